The Morgan fingerprint density at radius 1 is 1.43 bits per heavy atom. The Kier molecular flexibility index (Phi) is 7.65. The number of amides is 1. The van der Waals surface area contributed by atoms with Gasteiger partial charge in [0.05, 0.1) is 13.2 Å². The molecule has 128 valence electrons. The number of carbonyl (C=O) groups is 1. The molecule has 0 aliphatic carbocycles. The van der Waals surface area contributed by atoms with Gasteiger partial charge in [-0.2, -0.15) is 0 Å². The van der Waals surface area contributed by atoms with Crippen molar-refractivity contribution in [1.29, 1.82) is 0 Å². The molecule has 1 fully saturated rings. The number of halogens is 1. The van der Waals surface area contributed by atoms with E-state index in [1.165, 1.54) is 0 Å². The number of nitrogens with one attached hydrogen (secondary N) is 1. The number of rotatable bonds is 8. The van der Waals surface area contributed by atoms with Gasteiger partial charge in [0.25, 0.3) is 5.91 Å². The van der Waals surface area contributed by atoms with Crippen molar-refractivity contribution in [3.8, 4) is 5.75 Å². The number of hydrogen-bond donors (Lipinski definition) is 1. The molecule has 0 bridgehead atoms. The van der Waals surface area contributed by atoms with Crippen LogP contribution >= 0.6 is 11.6 Å². The van der Waals surface area contributed by atoms with Crippen molar-refractivity contribution in [1.82, 2.24) is 10.2 Å². The molecule has 1 aliphatic rings. The Balaban J connectivity index is 1.69. The average Bonchev–Trinajstić information content (AvgIpc) is 2.57. The average molecular weight is 341 g/mol. The van der Waals surface area contributed by atoms with Crippen molar-refractivity contribution >= 4 is 17.5 Å². The van der Waals surface area contributed by atoms with Crippen molar-refractivity contribution in [3.63, 3.8) is 0 Å². The van der Waals surface area contributed by atoms with Gasteiger partial charge in [-0.15, -0.1) is 0 Å². The van der Waals surface area contributed by atoms with Crippen LogP contribution in [0.2, 0.25) is 5.02 Å². The molecular formula is C17H25ClN2O3. The van der Waals surface area contributed by atoms with Crippen molar-refractivity contribution in [2.75, 3.05) is 39.4 Å². The molecule has 1 aromatic carbocycles. The Morgan fingerprint density at radius 2 is 2.22 bits per heavy atom. The molecule has 1 saturated heterocycles. The predicted molar refractivity (Wildman–Crippen MR) is 91.0 cm³/mol. The van der Waals surface area contributed by atoms with E-state index in [0.29, 0.717) is 23.7 Å². The monoisotopic (exact) mass is 340 g/mol. The fraction of sp³-hybridized carbons (Fsp3) is 0.588. The van der Waals surface area contributed by atoms with Gasteiger partial charge >= 0.3 is 0 Å². The van der Waals surface area contributed by atoms with Gasteiger partial charge in [0.2, 0.25) is 0 Å². The molecule has 0 radical (unpaired) electrons. The SMILES string of the molecule is CC[C@@H](Oc1cccc(Cl)c1)C(=O)NCCCN1CCOCC1. The third-order valence-electron chi connectivity index (χ3n) is 3.79. The number of morpholine rings is 1. The molecule has 23 heavy (non-hydrogen) atoms. The molecule has 1 heterocycles. The molecule has 0 aromatic heterocycles. The van der Waals surface area contributed by atoms with Crippen LogP contribution in [0.3, 0.4) is 0 Å². The van der Waals surface area contributed by atoms with E-state index in [1.54, 1.807) is 18.2 Å². The quantitative estimate of drug-likeness (QED) is 0.738. The fourth-order valence-electron chi connectivity index (χ4n) is 2.48. The highest BCUT2D eigenvalue weighted by Gasteiger charge is 2.18. The molecule has 0 unspecified atom stereocenters. The van der Waals surface area contributed by atoms with Crippen LogP contribution in [0, 0.1) is 0 Å². The second kappa shape index (κ2) is 9.75. The van der Waals surface area contributed by atoms with Crippen molar-refractivity contribution < 1.29 is 14.3 Å². The van der Waals surface area contributed by atoms with Gasteiger partial charge in [-0.1, -0.05) is 24.6 Å². The van der Waals surface area contributed by atoms with Gasteiger partial charge in [-0.05, 0) is 37.6 Å². The minimum absolute atomic E-state index is 0.0746. The summed E-state index contributed by atoms with van der Waals surface area (Å²) in [6.07, 6.45) is 1.05. The van der Waals surface area contributed by atoms with Gasteiger partial charge in [0.15, 0.2) is 6.10 Å². The van der Waals surface area contributed by atoms with E-state index in [4.69, 9.17) is 21.1 Å². The predicted octanol–water partition coefficient (Wildman–Crippen LogP) is 2.34. The summed E-state index contributed by atoms with van der Waals surface area (Å²) in [4.78, 5) is 14.6. The molecule has 5 nitrogen and oxygen atoms in total. The minimum Gasteiger partial charge on any atom is -0.481 e. The van der Waals surface area contributed by atoms with E-state index in [-0.39, 0.29) is 5.91 Å². The highest BCUT2D eigenvalue weighted by molar-refractivity contribution is 6.30. The Hall–Kier alpha value is -1.30. The summed E-state index contributed by atoms with van der Waals surface area (Å²) in [6, 6.07) is 7.11. The number of benzene rings is 1. The zero-order valence-corrected chi connectivity index (χ0v) is 14.3. The van der Waals surface area contributed by atoms with E-state index >= 15 is 0 Å². The van der Waals surface area contributed by atoms with E-state index in [9.17, 15) is 4.79 Å². The lowest BCUT2D eigenvalue weighted by atomic mass is 10.2. The van der Waals surface area contributed by atoms with Gasteiger partial charge in [-0.3, -0.25) is 9.69 Å². The van der Waals surface area contributed by atoms with Crippen LogP contribution in [-0.2, 0) is 9.53 Å². The maximum Gasteiger partial charge on any atom is 0.261 e. The number of hydrogen-bond acceptors (Lipinski definition) is 4. The molecule has 1 aromatic rings. The number of nitrogens with zero attached hydrogens (tertiary/aromatic N) is 1. The lowest BCUT2D eigenvalue weighted by molar-refractivity contribution is -0.128. The van der Waals surface area contributed by atoms with E-state index < -0.39 is 6.10 Å². The number of carbonyl (C=O) groups excluding carboxylic acids is 1. The summed E-state index contributed by atoms with van der Waals surface area (Å²) in [5, 5.41) is 3.55. The summed E-state index contributed by atoms with van der Waals surface area (Å²) in [5.74, 6) is 0.544. The van der Waals surface area contributed by atoms with E-state index in [2.05, 4.69) is 10.2 Å². The molecule has 0 spiro atoms. The van der Waals surface area contributed by atoms with Gasteiger partial charge in [0, 0.05) is 24.7 Å². The molecule has 1 amide bonds. The van der Waals surface area contributed by atoms with Crippen LogP contribution in [0.25, 0.3) is 0 Å². The lowest BCUT2D eigenvalue weighted by Gasteiger charge is -2.26. The Labute approximate surface area is 142 Å². The first kappa shape index (κ1) is 18.0. The maximum absolute atomic E-state index is 12.2. The second-order valence-corrected chi connectivity index (χ2v) is 6.01. The minimum atomic E-state index is -0.489. The first-order valence-corrected chi connectivity index (χ1v) is 8.57. The number of ether oxygens (including phenoxy) is 2. The van der Waals surface area contributed by atoms with Crippen LogP contribution < -0.4 is 10.1 Å². The smallest absolute Gasteiger partial charge is 0.261 e. The molecule has 1 aliphatic heterocycles. The topological polar surface area (TPSA) is 50.8 Å². The van der Waals surface area contributed by atoms with Crippen LogP contribution in [-0.4, -0.2) is 56.3 Å². The molecular weight excluding hydrogens is 316 g/mol. The lowest BCUT2D eigenvalue weighted by Crippen LogP contribution is -2.41. The van der Waals surface area contributed by atoms with Gasteiger partial charge in [0.1, 0.15) is 5.75 Å². The second-order valence-electron chi connectivity index (χ2n) is 5.57. The molecule has 1 N–H and O–H groups in total. The first-order chi connectivity index (χ1) is 11.2. The zero-order valence-electron chi connectivity index (χ0n) is 13.6. The highest BCUT2D eigenvalue weighted by Crippen LogP contribution is 2.19. The standard InChI is InChI=1S/C17H25ClN2O3/c1-2-16(23-15-6-3-5-14(18)13-15)17(21)19-7-4-8-20-9-11-22-12-10-20/h3,5-6,13,16H,2,4,7-12H2,1H3,(H,19,21)/t16-/m1/s1. The first-order valence-electron chi connectivity index (χ1n) is 8.19. The highest BCUT2D eigenvalue weighted by atomic mass is 35.5. The molecule has 6 heteroatoms. The van der Waals surface area contributed by atoms with E-state index in [1.807, 2.05) is 13.0 Å². The van der Waals surface area contributed by atoms with Gasteiger partial charge < -0.3 is 14.8 Å². The van der Waals surface area contributed by atoms with Gasteiger partial charge in [-0.25, -0.2) is 0 Å². The van der Waals surface area contributed by atoms with Crippen LogP contribution in [0.4, 0.5) is 0 Å². The fourth-order valence-corrected chi connectivity index (χ4v) is 2.66. The van der Waals surface area contributed by atoms with Crippen molar-refractivity contribution in [2.45, 2.75) is 25.9 Å². The third kappa shape index (κ3) is 6.37. The maximum atomic E-state index is 12.2. The normalized spacial score (nSPS) is 16.8. The van der Waals surface area contributed by atoms with E-state index in [0.717, 1.165) is 39.3 Å². The summed E-state index contributed by atoms with van der Waals surface area (Å²) < 4.78 is 11.0. The summed E-state index contributed by atoms with van der Waals surface area (Å²) in [6.45, 7) is 7.13. The van der Waals surface area contributed by atoms with Crippen LogP contribution in [0.5, 0.6) is 5.75 Å². The van der Waals surface area contributed by atoms with Crippen LogP contribution in [0.1, 0.15) is 19.8 Å². The zero-order chi connectivity index (χ0) is 16.5. The Morgan fingerprint density at radius 3 is 2.91 bits per heavy atom. The largest absolute Gasteiger partial charge is 0.481 e. The molecule has 2 rings (SSSR count). The molecule has 1 atom stereocenters. The van der Waals surface area contributed by atoms with Crippen molar-refractivity contribution in [2.24, 2.45) is 0 Å². The summed E-state index contributed by atoms with van der Waals surface area (Å²) in [7, 11) is 0. The summed E-state index contributed by atoms with van der Waals surface area (Å²) in [5.41, 5.74) is 0. The van der Waals surface area contributed by atoms with Crippen molar-refractivity contribution in [3.05, 3.63) is 29.3 Å². The molecule has 0 saturated carbocycles. The summed E-state index contributed by atoms with van der Waals surface area (Å²) >= 11 is 5.93. The Bertz CT molecular complexity index is 492. The van der Waals surface area contributed by atoms with Crippen LogP contribution in [0.15, 0.2) is 24.3 Å². The third-order valence-corrected chi connectivity index (χ3v) is 4.03.